The topological polar surface area (TPSA) is 201 Å². The van der Waals surface area contributed by atoms with Gasteiger partial charge in [-0.15, -0.1) is 5.10 Å². The van der Waals surface area contributed by atoms with Gasteiger partial charge in [-0.05, 0) is 71.7 Å². The van der Waals surface area contributed by atoms with Gasteiger partial charge in [0.1, 0.15) is 47.4 Å². The molecule has 0 radical (unpaired) electrons. The molecule has 276 valence electrons. The highest BCUT2D eigenvalue weighted by Gasteiger charge is 2.30. The molecule has 0 saturated carbocycles. The van der Waals surface area contributed by atoms with Gasteiger partial charge in [0.2, 0.25) is 11.8 Å². The van der Waals surface area contributed by atoms with Crippen molar-refractivity contribution in [3.8, 4) is 17.0 Å². The van der Waals surface area contributed by atoms with Crippen molar-refractivity contribution in [2.24, 2.45) is 0 Å². The lowest BCUT2D eigenvalue weighted by atomic mass is 10.0. The standard InChI is InChI=1S/C35H47N7O9/c1-21(37-33(47)51-35(5,6)7)29(43)39-28(30(44)36-8)23-15-16-27(48-9)24(17-23)25-18-42(41-40-25)19-26(31(45)50-34(2,3)4)38-32(46)49-20-22-13-11-10-12-14-22/h10-18,21,26,28H,19-20H2,1-9H3,(H,36,44)(H,37,47)(H,38,46)(H,39,43)/t21-,26+,28+/m1/s1. The third-order valence-electron chi connectivity index (χ3n) is 6.86. The molecule has 2 aromatic carbocycles. The van der Waals surface area contributed by atoms with Gasteiger partial charge in [0, 0.05) is 12.6 Å². The second kappa shape index (κ2) is 17.3. The molecule has 1 aromatic heterocycles. The maximum Gasteiger partial charge on any atom is 0.408 e. The fraction of sp³-hybridized carbons (Fsp3) is 0.457. The van der Waals surface area contributed by atoms with Crippen molar-refractivity contribution in [2.75, 3.05) is 14.2 Å². The second-order valence-corrected chi connectivity index (χ2v) is 13.5. The van der Waals surface area contributed by atoms with Crippen LogP contribution in [-0.2, 0) is 41.7 Å². The van der Waals surface area contributed by atoms with E-state index in [2.05, 4.69) is 31.6 Å². The third kappa shape index (κ3) is 12.6. The van der Waals surface area contributed by atoms with Crippen LogP contribution in [0.1, 0.15) is 65.6 Å². The summed E-state index contributed by atoms with van der Waals surface area (Å²) in [6.07, 6.45) is -0.0944. The molecule has 0 spiro atoms. The van der Waals surface area contributed by atoms with E-state index < -0.39 is 59.3 Å². The van der Waals surface area contributed by atoms with Gasteiger partial charge in [0.15, 0.2) is 0 Å². The van der Waals surface area contributed by atoms with Gasteiger partial charge in [-0.25, -0.2) is 19.1 Å². The second-order valence-electron chi connectivity index (χ2n) is 13.5. The fourth-order valence-corrected chi connectivity index (χ4v) is 4.52. The summed E-state index contributed by atoms with van der Waals surface area (Å²) in [5.74, 6) is -1.51. The number of carbonyl (C=O) groups excluding carboxylic acids is 5. The zero-order valence-electron chi connectivity index (χ0n) is 30.4. The number of aromatic nitrogens is 3. The summed E-state index contributed by atoms with van der Waals surface area (Å²) in [4.78, 5) is 64.1. The number of rotatable bonds is 13. The number of methoxy groups -OCH3 is 1. The molecule has 3 aromatic rings. The van der Waals surface area contributed by atoms with E-state index in [1.165, 1.54) is 32.0 Å². The Morgan fingerprint density at radius 3 is 2.12 bits per heavy atom. The smallest absolute Gasteiger partial charge is 0.408 e. The minimum Gasteiger partial charge on any atom is -0.496 e. The van der Waals surface area contributed by atoms with Gasteiger partial charge in [0.05, 0.1) is 19.9 Å². The molecule has 51 heavy (non-hydrogen) atoms. The van der Waals surface area contributed by atoms with E-state index in [1.807, 2.05) is 18.2 Å². The van der Waals surface area contributed by atoms with E-state index in [9.17, 15) is 24.0 Å². The van der Waals surface area contributed by atoms with Crippen molar-refractivity contribution in [1.29, 1.82) is 0 Å². The summed E-state index contributed by atoms with van der Waals surface area (Å²) in [6.45, 7) is 11.5. The van der Waals surface area contributed by atoms with Crippen LogP contribution in [0.5, 0.6) is 5.75 Å². The largest absolute Gasteiger partial charge is 0.496 e. The van der Waals surface area contributed by atoms with Crippen LogP contribution in [0.3, 0.4) is 0 Å². The van der Waals surface area contributed by atoms with Crippen LogP contribution in [-0.4, -0.2) is 82.4 Å². The zero-order valence-corrected chi connectivity index (χ0v) is 30.4. The molecule has 4 amide bonds. The predicted molar refractivity (Wildman–Crippen MR) is 185 cm³/mol. The Balaban J connectivity index is 1.84. The molecule has 1 heterocycles. The molecule has 0 aliphatic rings. The van der Waals surface area contributed by atoms with Crippen LogP contribution < -0.4 is 26.0 Å². The maximum absolute atomic E-state index is 13.1. The van der Waals surface area contributed by atoms with E-state index in [1.54, 1.807) is 71.9 Å². The highest BCUT2D eigenvalue weighted by atomic mass is 16.6. The predicted octanol–water partition coefficient (Wildman–Crippen LogP) is 3.41. The summed E-state index contributed by atoms with van der Waals surface area (Å²) in [6, 6.07) is 10.5. The van der Waals surface area contributed by atoms with Crippen LogP contribution in [0.15, 0.2) is 54.7 Å². The number of ether oxygens (including phenoxy) is 4. The average Bonchev–Trinajstić information content (AvgIpc) is 3.52. The maximum atomic E-state index is 13.1. The number of benzene rings is 2. The molecule has 3 rings (SSSR count). The number of likely N-dealkylation sites (N-methyl/N-ethyl adjacent to an activating group) is 1. The number of esters is 1. The summed E-state index contributed by atoms with van der Waals surface area (Å²) < 4.78 is 23.0. The number of hydrogen-bond donors (Lipinski definition) is 4. The Morgan fingerprint density at radius 1 is 0.843 bits per heavy atom. The Labute approximate surface area is 296 Å². The van der Waals surface area contributed by atoms with Gasteiger partial charge in [0.25, 0.3) is 0 Å². The van der Waals surface area contributed by atoms with Gasteiger partial charge < -0.3 is 40.2 Å². The van der Waals surface area contributed by atoms with Crippen molar-refractivity contribution in [3.63, 3.8) is 0 Å². The minimum atomic E-state index is -1.19. The van der Waals surface area contributed by atoms with Gasteiger partial charge in [-0.3, -0.25) is 9.59 Å². The Hall–Kier alpha value is -5.67. The van der Waals surface area contributed by atoms with Crippen LogP contribution in [0.25, 0.3) is 11.3 Å². The fourth-order valence-electron chi connectivity index (χ4n) is 4.52. The first kappa shape index (κ1) is 39.8. The molecule has 3 atom stereocenters. The van der Waals surface area contributed by atoms with Crippen LogP contribution in [0, 0.1) is 0 Å². The van der Waals surface area contributed by atoms with E-state index in [0.29, 0.717) is 22.6 Å². The number of carbonyl (C=O) groups is 5. The van der Waals surface area contributed by atoms with E-state index >= 15 is 0 Å². The first-order chi connectivity index (χ1) is 23.9. The lowest BCUT2D eigenvalue weighted by molar-refractivity contribution is -0.157. The molecule has 16 heteroatoms. The number of hydrogen-bond acceptors (Lipinski definition) is 11. The van der Waals surface area contributed by atoms with Crippen molar-refractivity contribution in [3.05, 3.63) is 65.9 Å². The number of alkyl carbamates (subject to hydrolysis) is 2. The van der Waals surface area contributed by atoms with Crippen molar-refractivity contribution in [2.45, 2.75) is 90.9 Å². The van der Waals surface area contributed by atoms with Gasteiger partial charge >= 0.3 is 18.2 Å². The van der Waals surface area contributed by atoms with Crippen LogP contribution in [0.4, 0.5) is 9.59 Å². The minimum absolute atomic E-state index is 0.00596. The summed E-state index contributed by atoms with van der Waals surface area (Å²) in [5.41, 5.74) is 0.231. The van der Waals surface area contributed by atoms with Gasteiger partial charge in [-0.2, -0.15) is 0 Å². The lowest BCUT2D eigenvalue weighted by Gasteiger charge is -2.24. The molecule has 0 aliphatic carbocycles. The normalized spacial score (nSPS) is 13.1. The van der Waals surface area contributed by atoms with Crippen molar-refractivity contribution >= 4 is 30.0 Å². The number of nitrogens with one attached hydrogen (secondary N) is 4. The Kier molecular flexibility index (Phi) is 13.5. The van der Waals surface area contributed by atoms with E-state index in [4.69, 9.17) is 18.9 Å². The first-order valence-corrected chi connectivity index (χ1v) is 16.2. The molecule has 0 aliphatic heterocycles. The van der Waals surface area contributed by atoms with E-state index in [-0.39, 0.29) is 13.2 Å². The molecular weight excluding hydrogens is 662 g/mol. The summed E-state index contributed by atoms with van der Waals surface area (Å²) in [5, 5.41) is 18.6. The third-order valence-corrected chi connectivity index (χ3v) is 6.86. The van der Waals surface area contributed by atoms with Crippen molar-refractivity contribution < 1.29 is 42.9 Å². The van der Waals surface area contributed by atoms with Gasteiger partial charge in [-0.1, -0.05) is 41.6 Å². The highest BCUT2D eigenvalue weighted by Crippen LogP contribution is 2.31. The highest BCUT2D eigenvalue weighted by molar-refractivity contribution is 5.92. The molecule has 0 saturated heterocycles. The van der Waals surface area contributed by atoms with Crippen LogP contribution >= 0.6 is 0 Å². The molecule has 0 unspecified atom stereocenters. The molecule has 0 fully saturated rings. The molecule has 16 nitrogen and oxygen atoms in total. The molecule has 0 bridgehead atoms. The number of nitrogens with zero attached hydrogens (tertiary/aromatic N) is 3. The monoisotopic (exact) mass is 709 g/mol. The van der Waals surface area contributed by atoms with Crippen molar-refractivity contribution in [1.82, 2.24) is 36.3 Å². The molecular formula is C35H47N7O9. The lowest BCUT2D eigenvalue weighted by Crippen LogP contribution is -2.49. The first-order valence-electron chi connectivity index (χ1n) is 16.2. The molecule has 4 N–H and O–H groups in total. The zero-order chi connectivity index (χ0) is 37.9. The van der Waals surface area contributed by atoms with Crippen LogP contribution in [0.2, 0.25) is 0 Å². The quantitative estimate of drug-likeness (QED) is 0.150. The summed E-state index contributed by atoms with van der Waals surface area (Å²) >= 11 is 0. The average molecular weight is 710 g/mol. The number of amides is 4. The Morgan fingerprint density at radius 2 is 1.51 bits per heavy atom. The SMILES string of the molecule is CNC(=O)[C@@H](NC(=O)[C@@H](C)NC(=O)OC(C)(C)C)c1ccc(OC)c(-c2cn(C[C@H](NC(=O)OCc3ccccc3)C(=O)OC(C)(C)C)nn2)c1. The van der Waals surface area contributed by atoms with E-state index in [0.717, 1.165) is 5.56 Å². The summed E-state index contributed by atoms with van der Waals surface area (Å²) in [7, 11) is 2.88. The Bertz CT molecular complexity index is 1680.